The summed E-state index contributed by atoms with van der Waals surface area (Å²) in [5.74, 6) is -3.36. The number of likely N-dealkylation sites (tertiary alicyclic amines) is 1. The van der Waals surface area contributed by atoms with Crippen molar-refractivity contribution in [1.29, 1.82) is 0 Å². The maximum atomic E-state index is 13.4. The quantitative estimate of drug-likeness (QED) is 0.119. The highest BCUT2D eigenvalue weighted by Crippen LogP contribution is 2.43. The Kier molecular flexibility index (Phi) is 8.45. The van der Waals surface area contributed by atoms with E-state index in [2.05, 4.69) is 41.0 Å². The largest absolute Gasteiger partial charge is 0.481 e. The third kappa shape index (κ3) is 6.15. The number of nitrogen functional groups attached to an aromatic ring is 1. The van der Waals surface area contributed by atoms with E-state index >= 15 is 0 Å². The van der Waals surface area contributed by atoms with Gasteiger partial charge in [0.2, 0.25) is 6.10 Å². The van der Waals surface area contributed by atoms with Gasteiger partial charge in [0.05, 0.1) is 12.1 Å². The van der Waals surface area contributed by atoms with Crippen LogP contribution in [-0.4, -0.2) is 118 Å². The molecule has 17 nitrogen and oxygen atoms in total. The van der Waals surface area contributed by atoms with Gasteiger partial charge >= 0.3 is 11.9 Å². The summed E-state index contributed by atoms with van der Waals surface area (Å²) < 4.78 is 0. The van der Waals surface area contributed by atoms with Crippen LogP contribution in [0.4, 0.5) is 5.13 Å². The Morgan fingerprint density at radius 3 is 2.68 bits per heavy atom. The first-order valence-corrected chi connectivity index (χ1v) is 14.5. The molecule has 0 bridgehead atoms. The summed E-state index contributed by atoms with van der Waals surface area (Å²) in [4.78, 5) is 62.0. The zero-order valence-electron chi connectivity index (χ0n) is 21.4. The molecule has 2 aromatic rings. The van der Waals surface area contributed by atoms with Crippen molar-refractivity contribution in [3.8, 4) is 0 Å². The zero-order chi connectivity index (χ0) is 29.1. The minimum Gasteiger partial charge on any atom is -0.481 e. The average molecular weight is 607 g/mol. The van der Waals surface area contributed by atoms with Gasteiger partial charge in [0, 0.05) is 17.7 Å². The van der Waals surface area contributed by atoms with Gasteiger partial charge in [0.15, 0.2) is 16.7 Å². The predicted octanol–water partition coefficient (Wildman–Crippen LogP) is -0.816. The molecule has 3 aliphatic rings. The van der Waals surface area contributed by atoms with Gasteiger partial charge in [0.1, 0.15) is 17.1 Å². The number of thioether (sulfide) groups is 1. The van der Waals surface area contributed by atoms with Crippen molar-refractivity contribution < 1.29 is 34.2 Å². The number of carbonyl (C=O) groups is 4. The molecule has 2 aromatic heterocycles. The number of fused-ring (bicyclic) bond motifs is 1. The van der Waals surface area contributed by atoms with Crippen LogP contribution in [0.2, 0.25) is 0 Å². The van der Waals surface area contributed by atoms with Gasteiger partial charge in [-0.1, -0.05) is 11.6 Å². The Hall–Kier alpha value is -4.10. The number of anilines is 1. The van der Waals surface area contributed by atoms with Gasteiger partial charge in [-0.25, -0.2) is 14.9 Å². The molecule has 5 heterocycles. The number of nitrogens with one attached hydrogen (secondary N) is 2. The van der Waals surface area contributed by atoms with Crippen molar-refractivity contribution in [3.63, 3.8) is 0 Å². The summed E-state index contributed by atoms with van der Waals surface area (Å²) in [6.07, 6.45) is 0.661. The number of tetrazole rings is 1. The predicted molar refractivity (Wildman–Crippen MR) is 144 cm³/mol. The summed E-state index contributed by atoms with van der Waals surface area (Å²) in [7, 11) is 0. The standard InChI is InChI=1S/C22H26N10O7S2/c23-22-24-11(9-41-22)14(28-39-12(21(37)38)6-13(33)34)18(35)25-15-19(36)32-16(17-26-29-30-27-17)10(8-40-20(15)32)7-31-4-2-1-3-5-31/h9,12,15,20H,1-8H2,(H2,23,24)(H,25,35)(H,33,34)(H,37,38)(H,26,27,29,30)/b28-14-/t12-,15+,20+/m0/s1. The molecule has 0 saturated carbocycles. The first kappa shape index (κ1) is 28.4. The van der Waals surface area contributed by atoms with Gasteiger partial charge in [-0.3, -0.25) is 24.2 Å². The van der Waals surface area contributed by atoms with E-state index in [4.69, 9.17) is 15.7 Å². The Bertz CT molecular complexity index is 1390. The molecule has 3 aliphatic heterocycles. The number of aliphatic carboxylic acids is 2. The maximum Gasteiger partial charge on any atom is 0.348 e. The van der Waals surface area contributed by atoms with E-state index < -0.39 is 53.4 Å². The smallest absolute Gasteiger partial charge is 0.348 e. The van der Waals surface area contributed by atoms with Crippen molar-refractivity contribution in [3.05, 3.63) is 22.5 Å². The first-order valence-electron chi connectivity index (χ1n) is 12.6. The molecule has 2 saturated heterocycles. The minimum atomic E-state index is -1.86. The number of hydrogen-bond acceptors (Lipinski definition) is 14. The lowest BCUT2D eigenvalue weighted by atomic mass is 10.0. The number of carbonyl (C=O) groups excluding carboxylic acids is 2. The van der Waals surface area contributed by atoms with E-state index in [1.54, 1.807) is 4.90 Å². The fourth-order valence-corrected chi connectivity index (χ4v) is 6.62. The van der Waals surface area contributed by atoms with Gasteiger partial charge in [-0.15, -0.1) is 28.2 Å². The molecule has 0 radical (unpaired) electrons. The molecule has 0 unspecified atom stereocenters. The van der Waals surface area contributed by atoms with Crippen molar-refractivity contribution in [2.24, 2.45) is 5.16 Å². The molecular weight excluding hydrogens is 580 g/mol. The normalized spacial score (nSPS) is 22.1. The van der Waals surface area contributed by atoms with E-state index in [-0.39, 0.29) is 10.8 Å². The van der Waals surface area contributed by atoms with Crippen LogP contribution in [0.25, 0.3) is 5.70 Å². The van der Waals surface area contributed by atoms with Crippen LogP contribution in [0.1, 0.15) is 37.2 Å². The summed E-state index contributed by atoms with van der Waals surface area (Å²) in [6.45, 7) is 2.59. The topological polar surface area (TPSA) is 242 Å². The van der Waals surface area contributed by atoms with Crippen LogP contribution in [0.3, 0.4) is 0 Å². The van der Waals surface area contributed by atoms with Gasteiger partial charge in [0.25, 0.3) is 11.8 Å². The Morgan fingerprint density at radius 2 is 2.05 bits per heavy atom. The zero-order valence-corrected chi connectivity index (χ0v) is 23.1. The number of H-pyrrole nitrogens is 1. The Labute approximate surface area is 240 Å². The second-order valence-corrected chi connectivity index (χ2v) is 11.4. The maximum absolute atomic E-state index is 13.4. The highest BCUT2D eigenvalue weighted by Gasteiger charge is 2.54. The number of aromatic amines is 1. The summed E-state index contributed by atoms with van der Waals surface area (Å²) in [6, 6.07) is -0.953. The molecular formula is C22H26N10O7S2. The number of carboxylic acids is 2. The monoisotopic (exact) mass is 606 g/mol. The second-order valence-electron chi connectivity index (χ2n) is 9.44. The third-order valence-corrected chi connectivity index (χ3v) is 8.67. The molecule has 41 heavy (non-hydrogen) atoms. The number of aromatic nitrogens is 5. The number of β-lactam (4-membered cyclic amide) rings is 1. The highest BCUT2D eigenvalue weighted by atomic mass is 32.2. The number of rotatable bonds is 11. The van der Waals surface area contributed by atoms with Crippen molar-refractivity contribution >= 4 is 63.4 Å². The number of carboxylic acid groups (broad SMARTS) is 2. The van der Waals surface area contributed by atoms with E-state index in [0.717, 1.165) is 42.8 Å². The molecule has 0 aromatic carbocycles. The van der Waals surface area contributed by atoms with Crippen molar-refractivity contribution in [2.75, 3.05) is 31.1 Å². The van der Waals surface area contributed by atoms with E-state index in [9.17, 15) is 24.3 Å². The van der Waals surface area contributed by atoms with Crippen LogP contribution in [0, 0.1) is 0 Å². The van der Waals surface area contributed by atoms with Gasteiger partial charge in [-0.2, -0.15) is 0 Å². The lowest BCUT2D eigenvalue weighted by Crippen LogP contribution is -2.70. The molecule has 0 spiro atoms. The van der Waals surface area contributed by atoms with Crippen molar-refractivity contribution in [1.82, 2.24) is 40.7 Å². The molecule has 218 valence electrons. The van der Waals surface area contributed by atoms with Crippen LogP contribution < -0.4 is 11.1 Å². The lowest BCUT2D eigenvalue weighted by molar-refractivity contribution is -0.156. The molecule has 3 atom stereocenters. The fraction of sp³-hybridized carbons (Fsp3) is 0.500. The number of thiazole rings is 1. The lowest BCUT2D eigenvalue weighted by Gasteiger charge is -2.50. The first-order chi connectivity index (χ1) is 19.7. The molecule has 2 fully saturated rings. The van der Waals surface area contributed by atoms with E-state index in [0.29, 0.717) is 23.8 Å². The SMILES string of the molecule is Nc1nc(/C(=N/O[C@@H](CC(=O)O)C(=O)O)C(=O)N[C@@H]2C(=O)N3C(c4nnn[nH]4)=C(CN4CCCCC4)CS[C@H]23)cs1. The number of nitrogens with two attached hydrogens (primary N) is 1. The van der Waals surface area contributed by atoms with Gasteiger partial charge in [-0.05, 0) is 41.9 Å². The number of amides is 2. The molecule has 0 aliphatic carbocycles. The van der Waals surface area contributed by atoms with Crippen LogP contribution in [-0.2, 0) is 24.0 Å². The third-order valence-electron chi connectivity index (χ3n) is 6.65. The highest BCUT2D eigenvalue weighted by molar-refractivity contribution is 8.00. The fourth-order valence-electron chi connectivity index (χ4n) is 4.73. The minimum absolute atomic E-state index is 0.0264. The van der Waals surface area contributed by atoms with Crippen LogP contribution >= 0.6 is 23.1 Å². The number of oxime groups is 1. The number of hydrogen-bond donors (Lipinski definition) is 5. The molecule has 6 N–H and O–H groups in total. The molecule has 19 heteroatoms. The van der Waals surface area contributed by atoms with Crippen LogP contribution in [0.5, 0.6) is 0 Å². The summed E-state index contributed by atoms with van der Waals surface area (Å²) >= 11 is 2.48. The van der Waals surface area contributed by atoms with Gasteiger partial charge < -0.3 is 26.1 Å². The van der Waals surface area contributed by atoms with E-state index in [1.807, 2.05) is 0 Å². The number of nitrogens with zero attached hydrogens (tertiary/aromatic N) is 7. The molecule has 5 rings (SSSR count). The molecule has 2 amide bonds. The van der Waals surface area contributed by atoms with Crippen molar-refractivity contribution in [2.45, 2.75) is 43.2 Å². The van der Waals surface area contributed by atoms with E-state index in [1.165, 1.54) is 23.6 Å². The number of piperidine rings is 1. The Balaban J connectivity index is 1.36. The summed E-state index contributed by atoms with van der Waals surface area (Å²) in [5.41, 5.74) is 6.79. The second kappa shape index (κ2) is 12.2. The summed E-state index contributed by atoms with van der Waals surface area (Å²) in [5, 5.41) is 39.6. The van der Waals surface area contributed by atoms with Crippen LogP contribution in [0.15, 0.2) is 16.1 Å². The average Bonchev–Trinajstić information content (AvgIpc) is 3.63. The Morgan fingerprint density at radius 1 is 1.27 bits per heavy atom.